The summed E-state index contributed by atoms with van der Waals surface area (Å²) in [6.45, 7) is 3.15. The predicted molar refractivity (Wildman–Crippen MR) is 107 cm³/mol. The molecule has 150 valence electrons. The molecule has 0 amide bonds. The third-order valence-electron chi connectivity index (χ3n) is 6.75. The number of aliphatic carboxylic acids is 1. The summed E-state index contributed by atoms with van der Waals surface area (Å²) in [5.41, 5.74) is 0.101. The number of carbonyl (C=O) groups is 1. The lowest BCUT2D eigenvalue weighted by molar-refractivity contribution is -0.137. The average Bonchev–Trinajstić information content (AvgIpc) is 2.91. The van der Waals surface area contributed by atoms with Gasteiger partial charge in [-0.2, -0.15) is 0 Å². The van der Waals surface area contributed by atoms with E-state index in [0.29, 0.717) is 6.42 Å². The quantitative estimate of drug-likeness (QED) is 0.260. The standard InChI is InChI=1S/C21H36ClNO3/c1-2-20(12-8-13-20)18(24)9-7-15-21(17(22)11-16-23-21)14-6-4-3-5-10-19(25)26/h4,6,17-18,23-24H,2-3,5,7-16H2,1H3,(H,25,26)/b6-4-/t17-,18?,21-/m1/s1. The van der Waals surface area contributed by atoms with Crippen molar-refractivity contribution >= 4 is 17.6 Å². The summed E-state index contributed by atoms with van der Waals surface area (Å²) in [7, 11) is 0. The van der Waals surface area contributed by atoms with Gasteiger partial charge in [-0.25, -0.2) is 0 Å². The molecule has 2 aliphatic rings. The minimum atomic E-state index is -0.733. The van der Waals surface area contributed by atoms with Crippen molar-refractivity contribution in [2.45, 2.75) is 101 Å². The first kappa shape index (κ1) is 21.7. The van der Waals surface area contributed by atoms with Crippen molar-refractivity contribution in [1.29, 1.82) is 0 Å². The molecule has 0 spiro atoms. The smallest absolute Gasteiger partial charge is 0.303 e. The highest BCUT2D eigenvalue weighted by Gasteiger charge is 2.43. The van der Waals surface area contributed by atoms with Crippen LogP contribution in [0.15, 0.2) is 12.2 Å². The highest BCUT2D eigenvalue weighted by atomic mass is 35.5. The fourth-order valence-electron chi connectivity index (χ4n) is 4.63. The predicted octanol–water partition coefficient (Wildman–Crippen LogP) is 4.64. The second-order valence-corrected chi connectivity index (χ2v) is 8.80. The summed E-state index contributed by atoms with van der Waals surface area (Å²) in [6, 6.07) is 0. The Bertz CT molecular complexity index is 472. The first-order valence-corrected chi connectivity index (χ1v) is 10.8. The number of carboxylic acid groups (broad SMARTS) is 1. The fraction of sp³-hybridized carbons (Fsp3) is 0.857. The van der Waals surface area contributed by atoms with Gasteiger partial charge in [-0.05, 0) is 76.2 Å². The number of rotatable bonds is 12. The number of unbranched alkanes of at least 4 members (excludes halogenated alkanes) is 1. The van der Waals surface area contributed by atoms with Crippen LogP contribution >= 0.6 is 11.6 Å². The van der Waals surface area contributed by atoms with E-state index in [1.54, 1.807) is 0 Å². The molecular weight excluding hydrogens is 350 g/mol. The summed E-state index contributed by atoms with van der Waals surface area (Å²) < 4.78 is 0. The third kappa shape index (κ3) is 5.46. The van der Waals surface area contributed by atoms with Crippen molar-refractivity contribution in [3.05, 3.63) is 12.2 Å². The number of halogens is 1. The van der Waals surface area contributed by atoms with Crippen LogP contribution in [0, 0.1) is 5.41 Å². The monoisotopic (exact) mass is 385 g/mol. The van der Waals surface area contributed by atoms with Gasteiger partial charge in [0.25, 0.3) is 0 Å². The van der Waals surface area contributed by atoms with E-state index < -0.39 is 5.97 Å². The Kier molecular flexibility index (Phi) is 8.43. The molecule has 0 aromatic heterocycles. The van der Waals surface area contributed by atoms with Crippen molar-refractivity contribution in [2.24, 2.45) is 5.41 Å². The van der Waals surface area contributed by atoms with Crippen molar-refractivity contribution in [1.82, 2.24) is 5.32 Å². The van der Waals surface area contributed by atoms with E-state index in [0.717, 1.165) is 51.5 Å². The molecule has 1 unspecified atom stereocenters. The Hall–Kier alpha value is -0.580. The van der Waals surface area contributed by atoms with E-state index in [2.05, 4.69) is 24.4 Å². The van der Waals surface area contributed by atoms with E-state index in [4.69, 9.17) is 16.7 Å². The maximum Gasteiger partial charge on any atom is 0.303 e. The van der Waals surface area contributed by atoms with Gasteiger partial charge >= 0.3 is 5.97 Å². The zero-order valence-corrected chi connectivity index (χ0v) is 16.9. The van der Waals surface area contributed by atoms with Crippen molar-refractivity contribution in [2.75, 3.05) is 6.54 Å². The van der Waals surface area contributed by atoms with Crippen LogP contribution in [0.5, 0.6) is 0 Å². The van der Waals surface area contributed by atoms with Crippen LogP contribution < -0.4 is 5.32 Å². The van der Waals surface area contributed by atoms with Crippen molar-refractivity contribution in [3.8, 4) is 0 Å². The van der Waals surface area contributed by atoms with E-state index in [9.17, 15) is 9.90 Å². The molecule has 0 bridgehead atoms. The van der Waals surface area contributed by atoms with Crippen molar-refractivity contribution < 1.29 is 15.0 Å². The van der Waals surface area contributed by atoms with Crippen LogP contribution in [-0.2, 0) is 4.79 Å². The highest BCUT2D eigenvalue weighted by Crippen LogP contribution is 2.48. The van der Waals surface area contributed by atoms with Gasteiger partial charge in [0, 0.05) is 12.0 Å². The Morgan fingerprint density at radius 2 is 2.12 bits per heavy atom. The van der Waals surface area contributed by atoms with Crippen LogP contribution in [0.4, 0.5) is 0 Å². The summed E-state index contributed by atoms with van der Waals surface area (Å²) >= 11 is 6.65. The Labute approximate surface area is 163 Å². The van der Waals surface area contributed by atoms with Gasteiger partial charge in [-0.3, -0.25) is 4.79 Å². The van der Waals surface area contributed by atoms with Crippen LogP contribution in [0.2, 0.25) is 0 Å². The number of allylic oxidation sites excluding steroid dienone is 1. The molecule has 1 saturated heterocycles. The molecular formula is C21H36ClNO3. The number of aliphatic hydroxyl groups is 1. The molecule has 2 rings (SSSR count). The summed E-state index contributed by atoms with van der Waals surface area (Å²) in [6.07, 6.45) is 15.1. The third-order valence-corrected chi connectivity index (χ3v) is 7.38. The number of hydrogen-bond donors (Lipinski definition) is 3. The molecule has 2 fully saturated rings. The van der Waals surface area contributed by atoms with Gasteiger partial charge in [-0.1, -0.05) is 25.5 Å². The average molecular weight is 386 g/mol. The first-order chi connectivity index (χ1) is 12.4. The molecule has 1 heterocycles. The minimum Gasteiger partial charge on any atom is -0.481 e. The number of hydrogen-bond acceptors (Lipinski definition) is 3. The molecule has 0 aromatic carbocycles. The lowest BCUT2D eigenvalue weighted by atomic mass is 9.62. The second kappa shape index (κ2) is 10.1. The van der Waals surface area contributed by atoms with Crippen LogP contribution in [0.3, 0.4) is 0 Å². The van der Waals surface area contributed by atoms with Crippen LogP contribution in [0.1, 0.15) is 84.0 Å². The summed E-state index contributed by atoms with van der Waals surface area (Å²) in [5, 5.41) is 23.1. The molecule has 0 aromatic rings. The fourth-order valence-corrected chi connectivity index (χ4v) is 5.02. The lowest BCUT2D eigenvalue weighted by Crippen LogP contribution is -2.46. The summed E-state index contributed by atoms with van der Waals surface area (Å²) in [5.74, 6) is -0.733. The number of nitrogens with one attached hydrogen (secondary N) is 1. The SMILES string of the molecule is CCC1(C(O)CCC[C@@]2(C/C=C\CCCC(=O)O)NCC[C@H]2Cl)CCC1. The topological polar surface area (TPSA) is 69.6 Å². The molecule has 3 N–H and O–H groups in total. The minimum absolute atomic E-state index is 0.0798. The maximum absolute atomic E-state index is 10.6. The van der Waals surface area contributed by atoms with Gasteiger partial charge in [-0.15, -0.1) is 11.6 Å². The number of carboxylic acids is 1. The Morgan fingerprint density at radius 3 is 2.65 bits per heavy atom. The van der Waals surface area contributed by atoms with Gasteiger partial charge in [0.15, 0.2) is 0 Å². The number of alkyl halides is 1. The Morgan fingerprint density at radius 1 is 1.35 bits per heavy atom. The second-order valence-electron chi connectivity index (χ2n) is 8.28. The molecule has 0 radical (unpaired) electrons. The van der Waals surface area contributed by atoms with E-state index in [-0.39, 0.29) is 28.9 Å². The number of aliphatic hydroxyl groups excluding tert-OH is 1. The van der Waals surface area contributed by atoms with E-state index >= 15 is 0 Å². The van der Waals surface area contributed by atoms with Crippen LogP contribution in [0.25, 0.3) is 0 Å². The maximum atomic E-state index is 10.6. The van der Waals surface area contributed by atoms with Gasteiger partial charge in [0.1, 0.15) is 0 Å². The van der Waals surface area contributed by atoms with Crippen LogP contribution in [-0.4, -0.2) is 39.7 Å². The Balaban J connectivity index is 1.79. The van der Waals surface area contributed by atoms with E-state index in [1.165, 1.54) is 19.3 Å². The molecule has 26 heavy (non-hydrogen) atoms. The first-order valence-electron chi connectivity index (χ1n) is 10.4. The highest BCUT2D eigenvalue weighted by molar-refractivity contribution is 6.21. The van der Waals surface area contributed by atoms with Gasteiger partial charge < -0.3 is 15.5 Å². The lowest BCUT2D eigenvalue weighted by Gasteiger charge is -2.45. The van der Waals surface area contributed by atoms with Crippen molar-refractivity contribution in [3.63, 3.8) is 0 Å². The normalized spacial score (nSPS) is 29.0. The zero-order valence-electron chi connectivity index (χ0n) is 16.2. The zero-order chi connectivity index (χ0) is 19.0. The van der Waals surface area contributed by atoms with E-state index in [1.807, 2.05) is 0 Å². The molecule has 1 aliphatic carbocycles. The largest absolute Gasteiger partial charge is 0.481 e. The molecule has 1 aliphatic heterocycles. The summed E-state index contributed by atoms with van der Waals surface area (Å²) in [4.78, 5) is 10.6. The van der Waals surface area contributed by atoms with Gasteiger partial charge in [0.2, 0.25) is 0 Å². The molecule has 4 nitrogen and oxygen atoms in total. The molecule has 1 saturated carbocycles. The van der Waals surface area contributed by atoms with Gasteiger partial charge in [0.05, 0.1) is 11.5 Å². The molecule has 3 atom stereocenters. The molecule has 5 heteroatoms.